The van der Waals surface area contributed by atoms with E-state index < -0.39 is 23.4 Å². The number of nitrogens with zero attached hydrogens (tertiary/aromatic N) is 2. The predicted molar refractivity (Wildman–Crippen MR) is 144 cm³/mol. The lowest BCUT2D eigenvalue weighted by molar-refractivity contribution is -0.139. The Balaban J connectivity index is 1.45. The maximum absolute atomic E-state index is 13.9. The van der Waals surface area contributed by atoms with E-state index in [1.54, 1.807) is 20.4 Å². The van der Waals surface area contributed by atoms with Crippen LogP contribution >= 0.6 is 0 Å². The molecular formula is C30H32F3N3O4. The van der Waals surface area contributed by atoms with E-state index in [0.29, 0.717) is 25.6 Å². The van der Waals surface area contributed by atoms with Gasteiger partial charge in [-0.3, -0.25) is 14.7 Å². The smallest absolute Gasteiger partial charge is 0.303 e. The molecule has 7 nitrogen and oxygen atoms in total. The Morgan fingerprint density at radius 3 is 2.77 bits per heavy atom. The van der Waals surface area contributed by atoms with E-state index in [2.05, 4.69) is 22.3 Å². The molecule has 0 spiro atoms. The highest BCUT2D eigenvalue weighted by Crippen LogP contribution is 2.35. The van der Waals surface area contributed by atoms with E-state index in [9.17, 15) is 23.1 Å². The summed E-state index contributed by atoms with van der Waals surface area (Å²) in [5.74, 6) is 1.80. The third kappa shape index (κ3) is 7.30. The van der Waals surface area contributed by atoms with Crippen molar-refractivity contribution < 1.29 is 32.6 Å². The molecule has 2 aromatic carbocycles. The van der Waals surface area contributed by atoms with Crippen LogP contribution in [0.2, 0.25) is 0 Å². The van der Waals surface area contributed by atoms with E-state index >= 15 is 0 Å². The number of benzene rings is 2. The van der Waals surface area contributed by atoms with Crippen LogP contribution in [0.3, 0.4) is 0 Å². The van der Waals surface area contributed by atoms with Crippen molar-refractivity contribution in [2.45, 2.75) is 31.7 Å². The van der Waals surface area contributed by atoms with Gasteiger partial charge < -0.3 is 14.7 Å². The molecule has 4 rings (SSSR count). The molecule has 0 amide bonds. The van der Waals surface area contributed by atoms with Crippen LogP contribution in [-0.4, -0.2) is 54.8 Å². The van der Waals surface area contributed by atoms with Crippen LogP contribution in [0.1, 0.15) is 42.9 Å². The lowest BCUT2D eigenvalue weighted by Gasteiger charge is -2.38. The monoisotopic (exact) mass is 555 g/mol. The maximum Gasteiger partial charge on any atom is 0.303 e. The van der Waals surface area contributed by atoms with Gasteiger partial charge in [0.1, 0.15) is 11.6 Å². The first-order valence-electron chi connectivity index (χ1n) is 13.1. The molecule has 1 aliphatic heterocycles. The van der Waals surface area contributed by atoms with Crippen molar-refractivity contribution in [3.63, 3.8) is 0 Å². The minimum Gasteiger partial charge on any atom is -0.497 e. The van der Waals surface area contributed by atoms with Gasteiger partial charge in [-0.05, 0) is 73.5 Å². The van der Waals surface area contributed by atoms with Crippen molar-refractivity contribution in [2.24, 2.45) is 11.8 Å². The van der Waals surface area contributed by atoms with Crippen molar-refractivity contribution in [2.75, 3.05) is 33.9 Å². The second kappa shape index (κ2) is 13.6. The van der Waals surface area contributed by atoms with Crippen molar-refractivity contribution in [1.82, 2.24) is 15.4 Å². The minimum atomic E-state index is -1.29. The number of aromatic nitrogens is 1. The molecule has 10 heteroatoms. The van der Waals surface area contributed by atoms with Crippen LogP contribution in [-0.2, 0) is 9.63 Å². The van der Waals surface area contributed by atoms with E-state index in [0.717, 1.165) is 41.1 Å². The average molecular weight is 556 g/mol. The van der Waals surface area contributed by atoms with Gasteiger partial charge in [-0.15, -0.1) is 0 Å². The number of carbonyl (C=O) groups is 1. The molecule has 40 heavy (non-hydrogen) atoms. The molecule has 0 aliphatic carbocycles. The third-order valence-electron chi connectivity index (χ3n) is 7.38. The summed E-state index contributed by atoms with van der Waals surface area (Å²) in [5, 5.41) is 10.5. The normalized spacial score (nSPS) is 18.2. The summed E-state index contributed by atoms with van der Waals surface area (Å²) >= 11 is 0. The van der Waals surface area contributed by atoms with Crippen molar-refractivity contribution in [3.05, 3.63) is 71.2 Å². The number of carboxylic acids is 1. The molecule has 2 N–H and O–H groups in total. The number of piperidine rings is 1. The van der Waals surface area contributed by atoms with Crippen LogP contribution in [0.4, 0.5) is 13.2 Å². The fourth-order valence-electron chi connectivity index (χ4n) is 5.41. The topological polar surface area (TPSA) is 83.9 Å². The number of likely N-dealkylation sites (tertiary alicyclic amines) is 1. The van der Waals surface area contributed by atoms with Crippen molar-refractivity contribution >= 4 is 16.9 Å². The van der Waals surface area contributed by atoms with Crippen LogP contribution in [0, 0.1) is 41.1 Å². The summed E-state index contributed by atoms with van der Waals surface area (Å²) in [4.78, 5) is 23.5. The molecule has 3 atom stereocenters. The Kier molecular flexibility index (Phi) is 9.98. The van der Waals surface area contributed by atoms with Crippen LogP contribution in [0.15, 0.2) is 42.6 Å². The second-order valence-corrected chi connectivity index (χ2v) is 9.93. The van der Waals surface area contributed by atoms with Crippen LogP contribution in [0.25, 0.3) is 10.9 Å². The number of hydroxylamine groups is 1. The zero-order chi connectivity index (χ0) is 28.6. The molecule has 1 unspecified atom stereocenters. The summed E-state index contributed by atoms with van der Waals surface area (Å²) in [7, 11) is 3.18. The van der Waals surface area contributed by atoms with Gasteiger partial charge in [0.05, 0.1) is 37.9 Å². The van der Waals surface area contributed by atoms with Gasteiger partial charge >= 0.3 is 5.97 Å². The van der Waals surface area contributed by atoms with E-state index in [1.165, 1.54) is 0 Å². The van der Waals surface area contributed by atoms with Gasteiger partial charge in [-0.2, -0.15) is 5.48 Å². The second-order valence-electron chi connectivity index (χ2n) is 9.93. The van der Waals surface area contributed by atoms with Crippen molar-refractivity contribution in [3.8, 4) is 17.6 Å². The molecule has 3 aromatic rings. The fourth-order valence-corrected chi connectivity index (χ4v) is 5.41. The molecule has 1 aromatic heterocycles. The number of nitrogens with one attached hydrogen (secondary N) is 1. The van der Waals surface area contributed by atoms with Gasteiger partial charge in [-0.25, -0.2) is 13.2 Å². The zero-order valence-electron chi connectivity index (χ0n) is 22.4. The van der Waals surface area contributed by atoms with Gasteiger partial charge in [-0.1, -0.05) is 11.8 Å². The molecular weight excluding hydrogens is 523 g/mol. The Bertz CT molecular complexity index is 1410. The number of ether oxygens (including phenoxy) is 1. The number of halogens is 3. The Morgan fingerprint density at radius 1 is 1.20 bits per heavy atom. The van der Waals surface area contributed by atoms with E-state index in [1.807, 2.05) is 29.2 Å². The van der Waals surface area contributed by atoms with Crippen molar-refractivity contribution in [1.29, 1.82) is 0 Å². The molecule has 1 fully saturated rings. The lowest BCUT2D eigenvalue weighted by atomic mass is 9.79. The van der Waals surface area contributed by atoms with Gasteiger partial charge in [0.2, 0.25) is 0 Å². The Hall–Kier alpha value is -3.65. The summed E-state index contributed by atoms with van der Waals surface area (Å²) in [5.41, 5.74) is 4.59. The number of hydrogen-bond acceptors (Lipinski definition) is 6. The van der Waals surface area contributed by atoms with Gasteiger partial charge in [0.25, 0.3) is 0 Å². The molecule has 1 saturated heterocycles. The molecule has 0 saturated carbocycles. The molecule has 1 aliphatic rings. The first kappa shape index (κ1) is 29.3. The molecule has 212 valence electrons. The molecule has 2 heterocycles. The summed E-state index contributed by atoms with van der Waals surface area (Å²) in [6, 6.07) is 8.83. The van der Waals surface area contributed by atoms with Gasteiger partial charge in [0.15, 0.2) is 11.6 Å². The predicted octanol–water partition coefficient (Wildman–Crippen LogP) is 5.10. The standard InChI is InChI=1S/C30H32F3N3O4/c1-39-23-6-8-27-25(17-23)24(9-11-34-27)28(35-40-2)7-5-19-10-13-36(18-21(19)15-29(37)38)12-3-4-20-14-22(31)16-26(32)30(20)33/h6,8-9,11,14,16-17,19,21,28,35H,5,7,10,12-13,15,18H2,1-2H3,(H,37,38)/t19-,21+,28?/m1/s1. The molecule has 0 radical (unpaired) electrons. The highest BCUT2D eigenvalue weighted by molar-refractivity contribution is 5.84. The van der Waals surface area contributed by atoms with Gasteiger partial charge in [0, 0.05) is 30.6 Å². The number of rotatable bonds is 10. The molecule has 0 bridgehead atoms. The number of pyridine rings is 1. The average Bonchev–Trinajstić information content (AvgIpc) is 2.93. The minimum absolute atomic E-state index is 0.0100. The SMILES string of the molecule is CONC(CC[C@@H]1CCN(CC#Cc2cc(F)cc(F)c2F)C[C@@H]1CC(=O)O)c1ccnc2ccc(OC)cc12. The first-order valence-corrected chi connectivity index (χ1v) is 13.1. The lowest BCUT2D eigenvalue weighted by Crippen LogP contribution is -2.41. The highest BCUT2D eigenvalue weighted by atomic mass is 19.2. The van der Waals surface area contributed by atoms with Crippen LogP contribution < -0.4 is 10.2 Å². The fraction of sp³-hybridized carbons (Fsp3) is 0.400. The number of hydrogen-bond donors (Lipinski definition) is 2. The van der Waals surface area contributed by atoms with Crippen LogP contribution in [0.5, 0.6) is 5.75 Å². The summed E-state index contributed by atoms with van der Waals surface area (Å²) in [6.07, 6.45) is 3.99. The van der Waals surface area contributed by atoms with E-state index in [-0.39, 0.29) is 36.4 Å². The van der Waals surface area contributed by atoms with E-state index in [4.69, 9.17) is 9.57 Å². The maximum atomic E-state index is 13.9. The Morgan fingerprint density at radius 2 is 2.02 bits per heavy atom. The number of aliphatic carboxylic acids is 1. The highest BCUT2D eigenvalue weighted by Gasteiger charge is 2.31. The number of fused-ring (bicyclic) bond motifs is 1. The largest absolute Gasteiger partial charge is 0.497 e. The zero-order valence-corrected chi connectivity index (χ0v) is 22.4. The summed E-state index contributed by atoms with van der Waals surface area (Å²) in [6.45, 7) is 1.41. The quantitative estimate of drug-likeness (QED) is 0.205. The number of carboxylic acid groups (broad SMARTS) is 1. The third-order valence-corrected chi connectivity index (χ3v) is 7.38. The summed E-state index contributed by atoms with van der Waals surface area (Å²) < 4.78 is 46.2. The number of methoxy groups -OCH3 is 1. The first-order chi connectivity index (χ1) is 19.3. The Labute approximate surface area is 231 Å².